The Labute approximate surface area is 184 Å². The van der Waals surface area contributed by atoms with Gasteiger partial charge in [-0.15, -0.1) is 0 Å². The number of carbonyl (C=O) groups is 2. The van der Waals surface area contributed by atoms with E-state index in [1.54, 1.807) is 7.11 Å². The number of hydrogen-bond donors (Lipinski definition) is 2. The number of rotatable bonds is 7. The predicted octanol–water partition coefficient (Wildman–Crippen LogP) is 0.280. The van der Waals surface area contributed by atoms with E-state index in [1.807, 2.05) is 17.0 Å². The first kappa shape index (κ1) is 22.0. The van der Waals surface area contributed by atoms with Crippen LogP contribution in [-0.4, -0.2) is 98.1 Å². The molecule has 3 aliphatic heterocycles. The molecule has 0 radical (unpaired) electrons. The molecule has 2 amide bonds. The van der Waals surface area contributed by atoms with E-state index in [0.29, 0.717) is 13.0 Å². The summed E-state index contributed by atoms with van der Waals surface area (Å²) in [5.41, 5.74) is 1.20. The summed E-state index contributed by atoms with van der Waals surface area (Å²) in [5, 5.41) is 6.68. The lowest BCUT2D eigenvalue weighted by Gasteiger charge is -2.38. The molecule has 4 rings (SSSR count). The van der Waals surface area contributed by atoms with E-state index in [9.17, 15) is 9.59 Å². The summed E-state index contributed by atoms with van der Waals surface area (Å²) in [4.78, 5) is 31.7. The lowest BCUT2D eigenvalue weighted by atomic mass is 10.0. The maximum atomic E-state index is 12.7. The molecule has 2 N–H and O–H groups in total. The fourth-order valence-corrected chi connectivity index (χ4v) is 4.90. The quantitative estimate of drug-likeness (QED) is 0.649. The van der Waals surface area contributed by atoms with Gasteiger partial charge in [-0.1, -0.05) is 12.1 Å². The molecule has 3 aliphatic rings. The van der Waals surface area contributed by atoms with E-state index in [0.717, 1.165) is 57.9 Å². The van der Waals surface area contributed by atoms with Gasteiger partial charge in [0.2, 0.25) is 11.8 Å². The number of methoxy groups -OCH3 is 1. The number of carbonyl (C=O) groups excluding carboxylic acids is 2. The van der Waals surface area contributed by atoms with E-state index in [1.165, 1.54) is 5.56 Å². The molecule has 170 valence electrons. The minimum absolute atomic E-state index is 0.0918. The van der Waals surface area contributed by atoms with Crippen LogP contribution in [0.1, 0.15) is 24.8 Å². The summed E-state index contributed by atoms with van der Waals surface area (Å²) < 4.78 is 5.22. The Bertz CT molecular complexity index is 763. The zero-order chi connectivity index (χ0) is 21.8. The van der Waals surface area contributed by atoms with Crippen LogP contribution in [0.4, 0.5) is 0 Å². The van der Waals surface area contributed by atoms with Crippen LogP contribution in [0.25, 0.3) is 0 Å². The van der Waals surface area contributed by atoms with Crippen molar-refractivity contribution in [3.05, 3.63) is 29.8 Å². The third kappa shape index (κ3) is 5.37. The van der Waals surface area contributed by atoms with Crippen molar-refractivity contribution in [1.82, 2.24) is 25.3 Å². The molecule has 0 saturated carbocycles. The molecule has 3 heterocycles. The van der Waals surface area contributed by atoms with E-state index in [-0.39, 0.29) is 29.9 Å². The van der Waals surface area contributed by atoms with Crippen molar-refractivity contribution in [2.24, 2.45) is 0 Å². The number of nitrogens with zero attached hydrogens (tertiary/aromatic N) is 3. The Morgan fingerprint density at radius 2 is 1.94 bits per heavy atom. The van der Waals surface area contributed by atoms with Crippen LogP contribution in [0.3, 0.4) is 0 Å². The molecule has 3 fully saturated rings. The van der Waals surface area contributed by atoms with Gasteiger partial charge < -0.3 is 25.2 Å². The maximum absolute atomic E-state index is 12.7. The molecule has 3 atom stereocenters. The number of benzene rings is 1. The van der Waals surface area contributed by atoms with Gasteiger partial charge in [0.15, 0.2) is 0 Å². The predicted molar refractivity (Wildman–Crippen MR) is 119 cm³/mol. The summed E-state index contributed by atoms with van der Waals surface area (Å²) in [5.74, 6) is 1.22. The summed E-state index contributed by atoms with van der Waals surface area (Å²) in [6.07, 6.45) is 2.16. The Morgan fingerprint density at radius 1 is 1.19 bits per heavy atom. The highest BCUT2D eigenvalue weighted by atomic mass is 16.5. The molecule has 0 aromatic heterocycles. The highest BCUT2D eigenvalue weighted by molar-refractivity contribution is 5.83. The van der Waals surface area contributed by atoms with Crippen LogP contribution in [-0.2, 0) is 16.1 Å². The second-order valence-corrected chi connectivity index (χ2v) is 9.00. The van der Waals surface area contributed by atoms with Gasteiger partial charge in [0.05, 0.1) is 13.2 Å². The molecule has 0 aliphatic carbocycles. The SMILES string of the molecule is COc1ccc(CNC2CC3C(=O)NCC(CCC(=O)N4CCN(C)CC4)N3C2)cc1. The van der Waals surface area contributed by atoms with Gasteiger partial charge in [-0.05, 0) is 37.6 Å². The number of fused-ring (bicyclic) bond motifs is 1. The van der Waals surface area contributed by atoms with E-state index in [4.69, 9.17) is 4.74 Å². The molecular formula is C23H35N5O3. The average Bonchev–Trinajstić information content (AvgIpc) is 3.23. The van der Waals surface area contributed by atoms with Crippen LogP contribution < -0.4 is 15.4 Å². The normalized spacial score (nSPS) is 27.1. The minimum Gasteiger partial charge on any atom is -0.497 e. The van der Waals surface area contributed by atoms with Crippen LogP contribution in [0, 0.1) is 0 Å². The first-order valence-corrected chi connectivity index (χ1v) is 11.4. The van der Waals surface area contributed by atoms with Crippen LogP contribution >= 0.6 is 0 Å². The third-order valence-electron chi connectivity index (χ3n) is 6.92. The highest BCUT2D eigenvalue weighted by Gasteiger charge is 2.43. The van der Waals surface area contributed by atoms with Crippen molar-refractivity contribution in [2.75, 3.05) is 53.4 Å². The first-order valence-electron chi connectivity index (χ1n) is 11.4. The largest absolute Gasteiger partial charge is 0.497 e. The number of piperazine rings is 2. The summed E-state index contributed by atoms with van der Waals surface area (Å²) in [6, 6.07) is 8.47. The van der Waals surface area contributed by atoms with Crippen molar-refractivity contribution in [3.8, 4) is 5.75 Å². The molecule has 1 aromatic rings. The van der Waals surface area contributed by atoms with Crippen molar-refractivity contribution in [2.45, 2.75) is 43.9 Å². The summed E-state index contributed by atoms with van der Waals surface area (Å²) in [6.45, 7) is 5.78. The van der Waals surface area contributed by atoms with Crippen molar-refractivity contribution in [1.29, 1.82) is 0 Å². The van der Waals surface area contributed by atoms with E-state index in [2.05, 4.69) is 39.6 Å². The lowest BCUT2D eigenvalue weighted by molar-refractivity contribution is -0.133. The number of hydrogen-bond acceptors (Lipinski definition) is 6. The van der Waals surface area contributed by atoms with Gasteiger partial charge in [0.25, 0.3) is 0 Å². The maximum Gasteiger partial charge on any atom is 0.237 e. The average molecular weight is 430 g/mol. The molecular weight excluding hydrogens is 394 g/mol. The monoisotopic (exact) mass is 429 g/mol. The first-order chi connectivity index (χ1) is 15.0. The fourth-order valence-electron chi connectivity index (χ4n) is 4.90. The molecule has 8 heteroatoms. The van der Waals surface area contributed by atoms with E-state index >= 15 is 0 Å². The molecule has 1 aromatic carbocycles. The summed E-state index contributed by atoms with van der Waals surface area (Å²) >= 11 is 0. The van der Waals surface area contributed by atoms with Gasteiger partial charge >= 0.3 is 0 Å². The number of amides is 2. The van der Waals surface area contributed by atoms with Crippen molar-refractivity contribution in [3.63, 3.8) is 0 Å². The van der Waals surface area contributed by atoms with Crippen LogP contribution in [0.5, 0.6) is 5.75 Å². The Kier molecular flexibility index (Phi) is 7.09. The van der Waals surface area contributed by atoms with Crippen LogP contribution in [0.15, 0.2) is 24.3 Å². The third-order valence-corrected chi connectivity index (χ3v) is 6.92. The fraction of sp³-hybridized carbons (Fsp3) is 0.652. The second kappa shape index (κ2) is 9.97. The van der Waals surface area contributed by atoms with Gasteiger partial charge in [0.1, 0.15) is 5.75 Å². The summed E-state index contributed by atoms with van der Waals surface area (Å²) in [7, 11) is 3.77. The van der Waals surface area contributed by atoms with Crippen molar-refractivity contribution >= 4 is 11.8 Å². The van der Waals surface area contributed by atoms with Gasteiger partial charge in [-0.25, -0.2) is 0 Å². The number of likely N-dealkylation sites (N-methyl/N-ethyl adjacent to an activating group) is 1. The topological polar surface area (TPSA) is 77.1 Å². The Hall–Kier alpha value is -2.16. The van der Waals surface area contributed by atoms with Gasteiger partial charge in [-0.3, -0.25) is 14.5 Å². The Morgan fingerprint density at radius 3 is 2.65 bits per heavy atom. The van der Waals surface area contributed by atoms with Gasteiger partial charge in [-0.2, -0.15) is 0 Å². The lowest BCUT2D eigenvalue weighted by Crippen LogP contribution is -2.58. The molecule has 3 unspecified atom stereocenters. The number of nitrogens with one attached hydrogen (secondary N) is 2. The molecule has 8 nitrogen and oxygen atoms in total. The van der Waals surface area contributed by atoms with Crippen LogP contribution in [0.2, 0.25) is 0 Å². The van der Waals surface area contributed by atoms with Gasteiger partial charge in [0, 0.05) is 64.3 Å². The molecule has 0 spiro atoms. The zero-order valence-electron chi connectivity index (χ0n) is 18.7. The number of ether oxygens (including phenoxy) is 1. The smallest absolute Gasteiger partial charge is 0.237 e. The standard InChI is InChI=1S/C23H35N5O3/c1-26-9-11-27(12-10-26)22(29)8-5-19-15-25-23(30)21-13-18(16-28(19)21)24-14-17-3-6-20(31-2)7-4-17/h3-4,6-7,18-19,21,24H,5,8-16H2,1-2H3,(H,25,30). The second-order valence-electron chi connectivity index (χ2n) is 9.00. The molecule has 0 bridgehead atoms. The highest BCUT2D eigenvalue weighted by Crippen LogP contribution is 2.26. The zero-order valence-corrected chi connectivity index (χ0v) is 18.7. The minimum atomic E-state index is -0.0918. The van der Waals surface area contributed by atoms with E-state index < -0.39 is 0 Å². The van der Waals surface area contributed by atoms with Crippen molar-refractivity contribution < 1.29 is 14.3 Å². The Balaban J connectivity index is 1.28. The molecule has 3 saturated heterocycles. The molecule has 31 heavy (non-hydrogen) atoms.